The Hall–Kier alpha value is -2.44. The van der Waals surface area contributed by atoms with Crippen LogP contribution in [0.5, 0.6) is 0 Å². The molecule has 0 aliphatic carbocycles. The van der Waals surface area contributed by atoms with Gasteiger partial charge in [0.1, 0.15) is 5.82 Å². The topological polar surface area (TPSA) is 69.7 Å². The SMILES string of the molecule is CN1C(=O)NC(=O)[C@@]2(Cc3cccc(F)c3N3CCC[C@H]32)C1=O. The molecule has 3 aliphatic rings. The second-order valence-corrected chi connectivity index (χ2v) is 6.37. The molecule has 1 aromatic carbocycles. The molecule has 120 valence electrons. The van der Waals surface area contributed by atoms with E-state index < -0.39 is 29.3 Å². The molecule has 0 unspecified atom stereocenters. The molecule has 0 saturated carbocycles. The first-order valence-corrected chi connectivity index (χ1v) is 7.64. The number of nitrogens with one attached hydrogen (secondary N) is 1. The van der Waals surface area contributed by atoms with Gasteiger partial charge in [-0.15, -0.1) is 0 Å². The summed E-state index contributed by atoms with van der Waals surface area (Å²) in [4.78, 5) is 40.1. The second kappa shape index (κ2) is 4.53. The van der Waals surface area contributed by atoms with Crippen molar-refractivity contribution >= 4 is 23.5 Å². The molecule has 0 radical (unpaired) electrons. The van der Waals surface area contributed by atoms with Gasteiger partial charge >= 0.3 is 6.03 Å². The highest BCUT2D eigenvalue weighted by atomic mass is 19.1. The third kappa shape index (κ3) is 1.64. The molecule has 0 aromatic heterocycles. The van der Waals surface area contributed by atoms with Gasteiger partial charge in [-0.1, -0.05) is 12.1 Å². The molecule has 6 nitrogen and oxygen atoms in total. The van der Waals surface area contributed by atoms with E-state index >= 15 is 0 Å². The first-order valence-electron chi connectivity index (χ1n) is 7.64. The summed E-state index contributed by atoms with van der Waals surface area (Å²) in [5, 5.41) is 2.28. The summed E-state index contributed by atoms with van der Waals surface area (Å²) in [6, 6.07) is 3.59. The number of carbonyl (C=O) groups excluding carboxylic acids is 3. The van der Waals surface area contributed by atoms with E-state index in [9.17, 15) is 18.8 Å². The highest BCUT2D eigenvalue weighted by Gasteiger charge is 2.62. The zero-order valence-electron chi connectivity index (χ0n) is 12.6. The van der Waals surface area contributed by atoms with Crippen LogP contribution in [0.15, 0.2) is 18.2 Å². The van der Waals surface area contributed by atoms with Gasteiger partial charge in [0, 0.05) is 13.6 Å². The lowest BCUT2D eigenvalue weighted by atomic mass is 9.68. The number of rotatable bonds is 0. The molecule has 3 heterocycles. The highest BCUT2D eigenvalue weighted by Crippen LogP contribution is 2.48. The largest absolute Gasteiger partial charge is 0.364 e. The van der Waals surface area contributed by atoms with Crippen molar-refractivity contribution in [1.82, 2.24) is 10.2 Å². The van der Waals surface area contributed by atoms with Gasteiger partial charge in [0.15, 0.2) is 5.41 Å². The van der Waals surface area contributed by atoms with Crippen LogP contribution in [-0.2, 0) is 16.0 Å². The van der Waals surface area contributed by atoms with E-state index in [1.54, 1.807) is 12.1 Å². The fourth-order valence-electron chi connectivity index (χ4n) is 4.22. The minimum Gasteiger partial charge on any atom is -0.364 e. The maximum Gasteiger partial charge on any atom is 0.330 e. The number of barbiturate groups is 1. The third-order valence-corrected chi connectivity index (χ3v) is 5.27. The Labute approximate surface area is 132 Å². The molecule has 4 amide bonds. The first-order chi connectivity index (χ1) is 11.0. The van der Waals surface area contributed by atoms with Crippen molar-refractivity contribution < 1.29 is 18.8 Å². The van der Waals surface area contributed by atoms with Crippen molar-refractivity contribution in [1.29, 1.82) is 0 Å². The van der Waals surface area contributed by atoms with E-state index in [4.69, 9.17) is 0 Å². The number of hydrogen-bond acceptors (Lipinski definition) is 4. The smallest absolute Gasteiger partial charge is 0.330 e. The molecule has 1 spiro atoms. The van der Waals surface area contributed by atoms with Gasteiger partial charge in [0.2, 0.25) is 11.8 Å². The standard InChI is InChI=1S/C16H16FN3O3/c1-19-14(22)16(13(21)18-15(19)23)8-9-4-2-5-10(17)12(9)20-7-3-6-11(16)20/h2,4-5,11H,3,6-8H2,1H3,(H,18,21,23)/t11-,16-/m0/s1. The molecule has 2 saturated heterocycles. The zero-order chi connectivity index (χ0) is 16.4. The Morgan fingerprint density at radius 1 is 1.30 bits per heavy atom. The Morgan fingerprint density at radius 3 is 2.87 bits per heavy atom. The maximum absolute atomic E-state index is 14.3. The van der Waals surface area contributed by atoms with Crippen LogP contribution in [0.4, 0.5) is 14.9 Å². The Bertz CT molecular complexity index is 750. The lowest BCUT2D eigenvalue weighted by Crippen LogP contribution is -2.70. The fraction of sp³-hybridized carbons (Fsp3) is 0.438. The molecule has 2 fully saturated rings. The quantitative estimate of drug-likeness (QED) is 0.726. The van der Waals surface area contributed by atoms with E-state index in [-0.39, 0.29) is 12.2 Å². The van der Waals surface area contributed by atoms with Crippen molar-refractivity contribution in [3.05, 3.63) is 29.6 Å². The van der Waals surface area contributed by atoms with E-state index in [1.807, 2.05) is 4.90 Å². The van der Waals surface area contributed by atoms with Gasteiger partial charge in [-0.2, -0.15) is 0 Å². The van der Waals surface area contributed by atoms with Crippen LogP contribution in [0.1, 0.15) is 18.4 Å². The average Bonchev–Trinajstić information content (AvgIpc) is 3.01. The summed E-state index contributed by atoms with van der Waals surface area (Å²) in [5.41, 5.74) is -0.241. The van der Waals surface area contributed by atoms with Crippen LogP contribution in [0, 0.1) is 11.2 Å². The summed E-state index contributed by atoms with van der Waals surface area (Å²) in [6.45, 7) is 0.596. The number of nitrogens with zero attached hydrogens (tertiary/aromatic N) is 2. The summed E-state index contributed by atoms with van der Waals surface area (Å²) in [6.07, 6.45) is 1.51. The van der Waals surface area contributed by atoms with E-state index in [1.165, 1.54) is 13.1 Å². The van der Waals surface area contributed by atoms with Crippen LogP contribution in [-0.4, -0.2) is 42.4 Å². The van der Waals surface area contributed by atoms with Crippen molar-refractivity contribution in [2.24, 2.45) is 5.41 Å². The third-order valence-electron chi connectivity index (χ3n) is 5.27. The van der Waals surface area contributed by atoms with E-state index in [0.717, 1.165) is 11.3 Å². The lowest BCUT2D eigenvalue weighted by Gasteiger charge is -2.48. The van der Waals surface area contributed by atoms with Crippen LogP contribution in [0.2, 0.25) is 0 Å². The number of benzene rings is 1. The van der Waals surface area contributed by atoms with Crippen LogP contribution >= 0.6 is 0 Å². The minimum atomic E-state index is -1.36. The van der Waals surface area contributed by atoms with Crippen molar-refractivity contribution in [2.75, 3.05) is 18.5 Å². The number of hydrogen-bond donors (Lipinski definition) is 1. The van der Waals surface area contributed by atoms with Crippen molar-refractivity contribution in [2.45, 2.75) is 25.3 Å². The predicted molar refractivity (Wildman–Crippen MR) is 79.2 cm³/mol. The summed E-state index contributed by atoms with van der Waals surface area (Å²) in [5.74, 6) is -1.41. The number of fused-ring (bicyclic) bond motifs is 4. The fourth-order valence-corrected chi connectivity index (χ4v) is 4.22. The van der Waals surface area contributed by atoms with Crippen molar-refractivity contribution in [3.63, 3.8) is 0 Å². The molecular formula is C16H16FN3O3. The molecule has 7 heteroatoms. The van der Waals surface area contributed by atoms with Crippen LogP contribution < -0.4 is 10.2 Å². The maximum atomic E-state index is 14.3. The Balaban J connectivity index is 1.92. The minimum absolute atomic E-state index is 0.115. The molecular weight excluding hydrogens is 301 g/mol. The number of imide groups is 2. The Kier molecular flexibility index (Phi) is 2.79. The number of urea groups is 1. The molecule has 2 atom stereocenters. The number of halogens is 1. The second-order valence-electron chi connectivity index (χ2n) is 6.37. The molecule has 1 N–H and O–H groups in total. The monoisotopic (exact) mass is 317 g/mol. The summed E-state index contributed by atoms with van der Waals surface area (Å²) >= 11 is 0. The predicted octanol–water partition coefficient (Wildman–Crippen LogP) is 1.05. The zero-order valence-corrected chi connectivity index (χ0v) is 12.6. The van der Waals surface area contributed by atoms with Gasteiger partial charge in [0.05, 0.1) is 11.7 Å². The number of carbonyl (C=O) groups is 3. The molecule has 3 aliphatic heterocycles. The molecule has 23 heavy (non-hydrogen) atoms. The van der Waals surface area contributed by atoms with Crippen molar-refractivity contribution in [3.8, 4) is 0 Å². The normalized spacial score (nSPS) is 29.7. The average molecular weight is 317 g/mol. The molecule has 1 aromatic rings. The van der Waals surface area contributed by atoms with Gasteiger partial charge in [-0.25, -0.2) is 9.18 Å². The van der Waals surface area contributed by atoms with Gasteiger partial charge < -0.3 is 4.90 Å². The van der Waals surface area contributed by atoms with Gasteiger partial charge in [0.25, 0.3) is 0 Å². The van der Waals surface area contributed by atoms with Gasteiger partial charge in [-0.05, 0) is 30.9 Å². The first kappa shape index (κ1) is 14.2. The van der Waals surface area contributed by atoms with E-state index in [2.05, 4.69) is 5.32 Å². The number of para-hydroxylation sites is 1. The Morgan fingerprint density at radius 2 is 2.09 bits per heavy atom. The lowest BCUT2D eigenvalue weighted by molar-refractivity contribution is -0.152. The van der Waals surface area contributed by atoms with E-state index in [0.29, 0.717) is 24.2 Å². The summed E-state index contributed by atoms with van der Waals surface area (Å²) in [7, 11) is 1.37. The van der Waals surface area contributed by atoms with Crippen LogP contribution in [0.25, 0.3) is 0 Å². The molecule has 4 rings (SSSR count). The number of anilines is 1. The highest BCUT2D eigenvalue weighted by molar-refractivity contribution is 6.20. The van der Waals surface area contributed by atoms with Crippen LogP contribution in [0.3, 0.4) is 0 Å². The van der Waals surface area contributed by atoms with Gasteiger partial charge in [-0.3, -0.25) is 19.8 Å². The molecule has 0 bridgehead atoms. The summed E-state index contributed by atoms with van der Waals surface area (Å²) < 4.78 is 14.3. The number of amides is 4.